The van der Waals surface area contributed by atoms with Gasteiger partial charge in [-0.1, -0.05) is 6.08 Å². The fraction of sp³-hybridized carbons (Fsp3) is 0.417. The molecule has 98 valence electrons. The summed E-state index contributed by atoms with van der Waals surface area (Å²) in [6.07, 6.45) is -1.28. The van der Waals surface area contributed by atoms with Gasteiger partial charge in [-0.3, -0.25) is 0 Å². The summed E-state index contributed by atoms with van der Waals surface area (Å²) < 4.78 is 38.4. The smallest absolute Gasteiger partial charge is 0.352 e. The first-order valence-corrected chi connectivity index (χ1v) is 6.30. The van der Waals surface area contributed by atoms with E-state index in [0.717, 1.165) is 15.9 Å². The summed E-state index contributed by atoms with van der Waals surface area (Å²) in [5.74, 6) is 0.746. The highest BCUT2D eigenvalue weighted by atomic mass is 79.9. The van der Waals surface area contributed by atoms with Gasteiger partial charge in [0.15, 0.2) is 0 Å². The van der Waals surface area contributed by atoms with Gasteiger partial charge >= 0.3 is 6.18 Å². The van der Waals surface area contributed by atoms with Crippen LogP contribution in [0.3, 0.4) is 0 Å². The zero-order valence-corrected chi connectivity index (χ0v) is 11.3. The fourth-order valence-corrected chi connectivity index (χ4v) is 2.43. The normalized spacial score (nSPS) is 16.7. The van der Waals surface area contributed by atoms with Crippen LogP contribution in [0.15, 0.2) is 28.4 Å². The summed E-state index contributed by atoms with van der Waals surface area (Å²) in [4.78, 5) is 6.12. The van der Waals surface area contributed by atoms with E-state index in [1.807, 2.05) is 17.9 Å². The molecule has 0 spiro atoms. The highest BCUT2D eigenvalue weighted by Crippen LogP contribution is 2.32. The predicted molar refractivity (Wildman–Crippen MR) is 67.6 cm³/mol. The molecule has 0 bridgehead atoms. The van der Waals surface area contributed by atoms with Crippen molar-refractivity contribution in [3.63, 3.8) is 0 Å². The summed E-state index contributed by atoms with van der Waals surface area (Å²) in [6.45, 7) is 2.50. The standard InChI is InChI=1S/C12H12BrF3N2/c1-8-6-10(13)7-17-11(8)18-4-2-9(3-5-18)12(14,15)16/h2,6-7H,3-5H2,1H3. The first-order chi connectivity index (χ1) is 8.38. The van der Waals surface area contributed by atoms with Crippen LogP contribution in [0.4, 0.5) is 19.0 Å². The van der Waals surface area contributed by atoms with Gasteiger partial charge in [0.2, 0.25) is 0 Å². The number of pyridine rings is 1. The largest absolute Gasteiger partial charge is 0.412 e. The number of hydrogen-bond donors (Lipinski definition) is 0. The number of aromatic nitrogens is 1. The maximum absolute atomic E-state index is 12.5. The third-order valence-electron chi connectivity index (χ3n) is 2.89. The van der Waals surface area contributed by atoms with Crippen LogP contribution in [0, 0.1) is 6.92 Å². The van der Waals surface area contributed by atoms with Crippen LogP contribution in [0.5, 0.6) is 0 Å². The Bertz CT molecular complexity index is 483. The van der Waals surface area contributed by atoms with Crippen molar-refractivity contribution in [3.8, 4) is 0 Å². The molecule has 0 fully saturated rings. The van der Waals surface area contributed by atoms with Gasteiger partial charge in [-0.05, 0) is 40.9 Å². The van der Waals surface area contributed by atoms with Gasteiger partial charge in [-0.2, -0.15) is 13.2 Å². The monoisotopic (exact) mass is 320 g/mol. The third-order valence-corrected chi connectivity index (χ3v) is 3.32. The molecule has 0 unspecified atom stereocenters. The first-order valence-electron chi connectivity index (χ1n) is 5.51. The first kappa shape index (κ1) is 13.4. The Morgan fingerprint density at radius 1 is 1.39 bits per heavy atom. The number of alkyl halides is 3. The van der Waals surface area contributed by atoms with E-state index in [2.05, 4.69) is 20.9 Å². The molecule has 18 heavy (non-hydrogen) atoms. The minimum atomic E-state index is -4.20. The van der Waals surface area contributed by atoms with Crippen LogP contribution in [0.2, 0.25) is 0 Å². The SMILES string of the molecule is Cc1cc(Br)cnc1N1CC=C(C(F)(F)F)CC1. The Balaban J connectivity index is 2.17. The van der Waals surface area contributed by atoms with E-state index in [0.29, 0.717) is 6.54 Å². The quantitative estimate of drug-likeness (QED) is 0.731. The third kappa shape index (κ3) is 2.85. The summed E-state index contributed by atoms with van der Waals surface area (Å²) in [6, 6.07) is 1.91. The lowest BCUT2D eigenvalue weighted by Gasteiger charge is -2.29. The van der Waals surface area contributed by atoms with Gasteiger partial charge in [0.1, 0.15) is 5.82 Å². The van der Waals surface area contributed by atoms with Crippen LogP contribution >= 0.6 is 15.9 Å². The van der Waals surface area contributed by atoms with Gasteiger partial charge in [0.05, 0.1) is 0 Å². The van der Waals surface area contributed by atoms with Gasteiger partial charge in [-0.15, -0.1) is 0 Å². The number of nitrogens with zero attached hydrogens (tertiary/aromatic N) is 2. The number of anilines is 1. The van der Waals surface area contributed by atoms with E-state index >= 15 is 0 Å². The van der Waals surface area contributed by atoms with Crippen LogP contribution in [0.1, 0.15) is 12.0 Å². The van der Waals surface area contributed by atoms with Crippen molar-refractivity contribution in [1.29, 1.82) is 0 Å². The average Bonchev–Trinajstić information content (AvgIpc) is 2.28. The molecule has 1 aromatic heterocycles. The average molecular weight is 321 g/mol. The van der Waals surface area contributed by atoms with Crippen molar-refractivity contribution in [2.75, 3.05) is 18.0 Å². The minimum absolute atomic E-state index is 0.0146. The van der Waals surface area contributed by atoms with Crippen molar-refractivity contribution in [2.45, 2.75) is 19.5 Å². The molecule has 2 heterocycles. The van der Waals surface area contributed by atoms with Gasteiger partial charge < -0.3 is 4.90 Å². The molecule has 0 aromatic carbocycles. The van der Waals surface area contributed by atoms with Gasteiger partial charge in [0.25, 0.3) is 0 Å². The van der Waals surface area contributed by atoms with E-state index in [1.165, 1.54) is 6.08 Å². The van der Waals surface area contributed by atoms with Crippen molar-refractivity contribution in [2.24, 2.45) is 0 Å². The molecular formula is C12H12BrF3N2. The zero-order chi connectivity index (χ0) is 13.3. The zero-order valence-electron chi connectivity index (χ0n) is 9.76. The topological polar surface area (TPSA) is 16.1 Å². The Morgan fingerprint density at radius 2 is 2.11 bits per heavy atom. The number of halogens is 4. The van der Waals surface area contributed by atoms with Crippen molar-refractivity contribution >= 4 is 21.7 Å². The molecule has 0 N–H and O–H groups in total. The number of rotatable bonds is 1. The second-order valence-corrected chi connectivity index (χ2v) is 5.13. The highest BCUT2D eigenvalue weighted by molar-refractivity contribution is 9.10. The van der Waals surface area contributed by atoms with Crippen LogP contribution in [-0.2, 0) is 0 Å². The van der Waals surface area contributed by atoms with E-state index < -0.39 is 11.7 Å². The maximum Gasteiger partial charge on any atom is 0.412 e. The van der Waals surface area contributed by atoms with Crippen LogP contribution < -0.4 is 4.90 Å². The van der Waals surface area contributed by atoms with E-state index in [-0.39, 0.29) is 13.0 Å². The maximum atomic E-state index is 12.5. The molecule has 1 aliphatic heterocycles. The second-order valence-electron chi connectivity index (χ2n) is 4.22. The molecule has 1 aromatic rings. The Hall–Kier alpha value is -1.04. The fourth-order valence-electron chi connectivity index (χ4n) is 1.98. The lowest BCUT2D eigenvalue weighted by molar-refractivity contribution is -0.0944. The van der Waals surface area contributed by atoms with E-state index in [9.17, 15) is 13.2 Å². The second kappa shape index (κ2) is 4.91. The molecule has 0 amide bonds. The lowest BCUT2D eigenvalue weighted by atomic mass is 10.1. The molecule has 0 radical (unpaired) electrons. The van der Waals surface area contributed by atoms with Crippen molar-refractivity contribution in [1.82, 2.24) is 4.98 Å². The Labute approximate surface area is 112 Å². The Kier molecular flexibility index (Phi) is 3.66. The summed E-state index contributed by atoms with van der Waals surface area (Å²) in [5.41, 5.74) is 0.516. The van der Waals surface area contributed by atoms with Gasteiger partial charge in [0, 0.05) is 29.3 Å². The molecule has 0 saturated carbocycles. The van der Waals surface area contributed by atoms with E-state index in [1.54, 1.807) is 6.20 Å². The molecule has 1 aliphatic rings. The minimum Gasteiger partial charge on any atom is -0.352 e. The van der Waals surface area contributed by atoms with Crippen LogP contribution in [0.25, 0.3) is 0 Å². The highest BCUT2D eigenvalue weighted by Gasteiger charge is 2.35. The molecule has 0 aliphatic carbocycles. The number of aryl methyl sites for hydroxylation is 1. The van der Waals surface area contributed by atoms with Crippen LogP contribution in [-0.4, -0.2) is 24.2 Å². The summed E-state index contributed by atoms with van der Waals surface area (Å²) >= 11 is 3.31. The molecular weight excluding hydrogens is 309 g/mol. The predicted octanol–water partition coefficient (Wildman–Crippen LogP) is 3.85. The molecule has 6 heteroatoms. The van der Waals surface area contributed by atoms with Crippen molar-refractivity contribution in [3.05, 3.63) is 33.9 Å². The summed E-state index contributed by atoms with van der Waals surface area (Å²) in [7, 11) is 0. The van der Waals surface area contributed by atoms with Crippen molar-refractivity contribution < 1.29 is 13.2 Å². The Morgan fingerprint density at radius 3 is 2.61 bits per heavy atom. The molecule has 2 nitrogen and oxygen atoms in total. The number of hydrogen-bond acceptors (Lipinski definition) is 2. The molecule has 0 saturated heterocycles. The van der Waals surface area contributed by atoms with Gasteiger partial charge in [-0.25, -0.2) is 4.98 Å². The van der Waals surface area contributed by atoms with E-state index in [4.69, 9.17) is 0 Å². The summed E-state index contributed by atoms with van der Waals surface area (Å²) in [5, 5.41) is 0. The lowest BCUT2D eigenvalue weighted by Crippen LogP contribution is -2.32. The molecule has 0 atom stereocenters. The molecule has 2 rings (SSSR count).